The first-order chi connectivity index (χ1) is 16.8. The van der Waals surface area contributed by atoms with E-state index in [0.717, 1.165) is 27.8 Å². The van der Waals surface area contributed by atoms with E-state index in [1.54, 1.807) is 42.1 Å². The molecule has 0 aliphatic rings. The van der Waals surface area contributed by atoms with Gasteiger partial charge in [-0.3, -0.25) is 9.10 Å². The number of hydrogen-bond acceptors (Lipinski definition) is 5. The number of hydrogen-bond donors (Lipinski definition) is 1. The first-order valence-electron chi connectivity index (χ1n) is 10.8. The third-order valence-electron chi connectivity index (χ3n) is 4.99. The van der Waals surface area contributed by atoms with Gasteiger partial charge in [0, 0.05) is 17.3 Å². The van der Waals surface area contributed by atoms with Crippen LogP contribution in [-0.4, -0.2) is 40.3 Å². The lowest BCUT2D eigenvalue weighted by Crippen LogP contribution is -2.41. The van der Waals surface area contributed by atoms with Crippen molar-refractivity contribution in [2.24, 2.45) is 0 Å². The van der Waals surface area contributed by atoms with Crippen molar-refractivity contribution in [2.75, 3.05) is 30.3 Å². The minimum absolute atomic E-state index is 0.0807. The summed E-state index contributed by atoms with van der Waals surface area (Å²) in [6.45, 7) is 0.0551. The summed E-state index contributed by atoms with van der Waals surface area (Å²) in [5, 5.41) is 3.77. The van der Waals surface area contributed by atoms with Gasteiger partial charge >= 0.3 is 0 Å². The molecule has 186 valence electrons. The highest BCUT2D eigenvalue weighted by molar-refractivity contribution is 7.98. The number of benzene rings is 3. The van der Waals surface area contributed by atoms with Crippen LogP contribution >= 0.6 is 35.0 Å². The van der Waals surface area contributed by atoms with E-state index >= 15 is 0 Å². The van der Waals surface area contributed by atoms with Crippen LogP contribution in [0.2, 0.25) is 10.0 Å². The maximum absolute atomic E-state index is 13.4. The normalized spacial score (nSPS) is 11.2. The highest BCUT2D eigenvalue weighted by atomic mass is 35.5. The van der Waals surface area contributed by atoms with Gasteiger partial charge in [-0.2, -0.15) is 11.8 Å². The molecule has 0 atom stereocenters. The Hall–Kier alpha value is -2.39. The Morgan fingerprint density at radius 3 is 2.49 bits per heavy atom. The molecule has 10 heteroatoms. The fourth-order valence-corrected chi connectivity index (χ4v) is 6.06. The molecule has 0 aliphatic heterocycles. The summed E-state index contributed by atoms with van der Waals surface area (Å²) in [7, 11) is -2.53. The Labute approximate surface area is 220 Å². The van der Waals surface area contributed by atoms with E-state index in [9.17, 15) is 13.2 Å². The van der Waals surface area contributed by atoms with Crippen LogP contribution in [0, 0.1) is 0 Å². The molecule has 1 N–H and O–H groups in total. The maximum Gasteiger partial charge on any atom is 0.264 e. The summed E-state index contributed by atoms with van der Waals surface area (Å²) in [6.07, 6.45) is 0.747. The molecule has 0 aliphatic carbocycles. The third kappa shape index (κ3) is 7.80. The van der Waals surface area contributed by atoms with Gasteiger partial charge in [0.05, 0.1) is 22.7 Å². The molecule has 0 unspecified atom stereocenters. The first-order valence-corrected chi connectivity index (χ1v) is 14.2. The number of amides is 1. The lowest BCUT2D eigenvalue weighted by atomic mass is 10.2. The third-order valence-corrected chi connectivity index (χ3v) is 8.42. The van der Waals surface area contributed by atoms with Gasteiger partial charge < -0.3 is 10.1 Å². The SMILES string of the molecule is COc1ccc(N(CC(=O)NCCCSCc2cccc(Cl)c2)S(=O)(=O)c2ccccc2)cc1Cl. The number of ether oxygens (including phenoxy) is 1. The highest BCUT2D eigenvalue weighted by Gasteiger charge is 2.27. The second-order valence-corrected chi connectivity index (χ2v) is 11.3. The van der Waals surface area contributed by atoms with Crippen molar-refractivity contribution in [2.45, 2.75) is 17.1 Å². The minimum atomic E-state index is -4.00. The van der Waals surface area contributed by atoms with Crippen LogP contribution in [0.1, 0.15) is 12.0 Å². The van der Waals surface area contributed by atoms with Crippen LogP contribution < -0.4 is 14.4 Å². The molecule has 0 saturated heterocycles. The van der Waals surface area contributed by atoms with Gasteiger partial charge in [0.25, 0.3) is 10.0 Å². The molecule has 0 saturated carbocycles. The van der Waals surface area contributed by atoms with Crippen LogP contribution in [0.3, 0.4) is 0 Å². The van der Waals surface area contributed by atoms with Gasteiger partial charge in [-0.25, -0.2) is 8.42 Å². The number of nitrogens with one attached hydrogen (secondary N) is 1. The fraction of sp³-hybridized carbons (Fsp3) is 0.240. The molecule has 3 aromatic carbocycles. The standard InChI is InChI=1S/C25H26Cl2N2O4S2/c1-33-24-12-11-21(16-23(24)27)29(35(31,32)22-9-3-2-4-10-22)17-25(30)28-13-6-14-34-18-19-7-5-8-20(26)15-19/h2-5,7-12,15-16H,6,13-14,17-18H2,1H3,(H,28,30). The van der Waals surface area contributed by atoms with Crippen molar-refractivity contribution in [3.05, 3.63) is 88.4 Å². The van der Waals surface area contributed by atoms with Crippen molar-refractivity contribution in [1.29, 1.82) is 0 Å². The summed E-state index contributed by atoms with van der Waals surface area (Å²) in [5.41, 5.74) is 1.42. The van der Waals surface area contributed by atoms with E-state index in [1.807, 2.05) is 24.3 Å². The summed E-state index contributed by atoms with van der Waals surface area (Å²) < 4.78 is 32.9. The number of carbonyl (C=O) groups excluding carboxylic acids is 1. The zero-order valence-electron chi connectivity index (χ0n) is 19.1. The monoisotopic (exact) mass is 552 g/mol. The van der Waals surface area contributed by atoms with Gasteiger partial charge in [-0.05, 0) is 60.2 Å². The number of thioether (sulfide) groups is 1. The lowest BCUT2D eigenvalue weighted by molar-refractivity contribution is -0.119. The summed E-state index contributed by atoms with van der Waals surface area (Å²) in [6, 6.07) is 20.3. The molecule has 0 spiro atoms. The Balaban J connectivity index is 1.61. The number of halogens is 2. The molecule has 0 aromatic heterocycles. The van der Waals surface area contributed by atoms with Gasteiger partial charge in [0.15, 0.2) is 0 Å². The molecule has 3 aromatic rings. The van der Waals surface area contributed by atoms with Crippen molar-refractivity contribution < 1.29 is 17.9 Å². The Morgan fingerprint density at radius 2 is 1.80 bits per heavy atom. The summed E-state index contributed by atoms with van der Waals surface area (Å²) >= 11 is 14.0. The van der Waals surface area contributed by atoms with Crippen molar-refractivity contribution in [3.63, 3.8) is 0 Å². The van der Waals surface area contributed by atoms with E-state index < -0.39 is 15.9 Å². The number of rotatable bonds is 12. The lowest BCUT2D eigenvalue weighted by Gasteiger charge is -2.24. The quantitative estimate of drug-likeness (QED) is 0.294. The second kappa shape index (κ2) is 13.1. The molecule has 0 heterocycles. The molecule has 3 rings (SSSR count). The highest BCUT2D eigenvalue weighted by Crippen LogP contribution is 2.31. The van der Waals surface area contributed by atoms with Crippen molar-refractivity contribution >= 4 is 56.6 Å². The van der Waals surface area contributed by atoms with Crippen LogP contribution in [0.25, 0.3) is 0 Å². The van der Waals surface area contributed by atoms with E-state index in [-0.39, 0.29) is 22.2 Å². The topological polar surface area (TPSA) is 75.7 Å². The van der Waals surface area contributed by atoms with Gasteiger partial charge in [-0.1, -0.05) is 53.5 Å². The van der Waals surface area contributed by atoms with Crippen LogP contribution in [0.4, 0.5) is 5.69 Å². The van der Waals surface area contributed by atoms with Crippen LogP contribution in [-0.2, 0) is 20.6 Å². The number of sulfonamides is 1. The smallest absolute Gasteiger partial charge is 0.264 e. The average Bonchev–Trinajstić information content (AvgIpc) is 2.85. The van der Waals surface area contributed by atoms with Gasteiger partial charge in [0.2, 0.25) is 5.91 Å². The molecule has 1 amide bonds. The van der Waals surface area contributed by atoms with Crippen LogP contribution in [0.15, 0.2) is 77.7 Å². The van der Waals surface area contributed by atoms with E-state index in [0.29, 0.717) is 17.3 Å². The molecular weight excluding hydrogens is 527 g/mol. The number of methoxy groups -OCH3 is 1. The largest absolute Gasteiger partial charge is 0.495 e. The molecule has 35 heavy (non-hydrogen) atoms. The van der Waals surface area contributed by atoms with E-state index in [1.165, 1.54) is 25.3 Å². The number of carbonyl (C=O) groups is 1. The summed E-state index contributed by atoms with van der Waals surface area (Å²) in [5.74, 6) is 1.67. The van der Waals surface area contributed by atoms with E-state index in [4.69, 9.17) is 27.9 Å². The van der Waals surface area contributed by atoms with Gasteiger partial charge in [0.1, 0.15) is 12.3 Å². The Bertz CT molecular complexity index is 1240. The van der Waals surface area contributed by atoms with E-state index in [2.05, 4.69) is 5.32 Å². The molecule has 0 radical (unpaired) electrons. The minimum Gasteiger partial charge on any atom is -0.495 e. The second-order valence-electron chi connectivity index (χ2n) is 7.53. The molecule has 6 nitrogen and oxygen atoms in total. The summed E-state index contributed by atoms with van der Waals surface area (Å²) in [4.78, 5) is 12.8. The average molecular weight is 554 g/mol. The molecule has 0 bridgehead atoms. The Kier molecular flexibility index (Phi) is 10.2. The van der Waals surface area contributed by atoms with Crippen molar-refractivity contribution in [3.8, 4) is 5.75 Å². The fourth-order valence-electron chi connectivity index (χ4n) is 3.25. The maximum atomic E-state index is 13.4. The first kappa shape index (κ1) is 27.2. The molecular formula is C25H26Cl2N2O4S2. The predicted octanol–water partition coefficient (Wildman–Crippen LogP) is 5.64. The number of anilines is 1. The van der Waals surface area contributed by atoms with Crippen LogP contribution in [0.5, 0.6) is 5.75 Å². The Morgan fingerprint density at radius 1 is 1.03 bits per heavy atom. The predicted molar refractivity (Wildman–Crippen MR) is 144 cm³/mol. The molecule has 0 fully saturated rings. The van der Waals surface area contributed by atoms with Gasteiger partial charge in [-0.15, -0.1) is 0 Å². The number of nitrogens with zero attached hydrogens (tertiary/aromatic N) is 1. The van der Waals surface area contributed by atoms with Crippen molar-refractivity contribution in [1.82, 2.24) is 5.32 Å². The zero-order valence-corrected chi connectivity index (χ0v) is 22.3. The zero-order chi connectivity index (χ0) is 25.3.